The first kappa shape index (κ1) is 14.6. The van der Waals surface area contributed by atoms with Crippen LogP contribution in [-0.2, 0) is 14.3 Å². The lowest BCUT2D eigenvalue weighted by atomic mass is 10.1. The third-order valence-corrected chi connectivity index (χ3v) is 3.26. The molecule has 0 aromatic heterocycles. The fourth-order valence-corrected chi connectivity index (χ4v) is 2.11. The number of anilines is 2. The molecule has 6 nitrogen and oxygen atoms in total. The largest absolute Gasteiger partial charge is 0.382 e. The van der Waals surface area contributed by atoms with Gasteiger partial charge in [-0.2, -0.15) is 0 Å². The molecule has 0 aliphatic carbocycles. The van der Waals surface area contributed by atoms with Gasteiger partial charge in [0.05, 0.1) is 24.1 Å². The zero-order valence-corrected chi connectivity index (χ0v) is 11.8. The number of nitrogens with one attached hydrogen (secondary N) is 3. The molecule has 0 bridgehead atoms. The van der Waals surface area contributed by atoms with Crippen molar-refractivity contribution < 1.29 is 14.3 Å². The third kappa shape index (κ3) is 3.61. The SMILES string of the molecule is COCC(CNC(=O)C1CNc2ccccc2N1)OC. The Morgan fingerprint density at radius 3 is 2.85 bits per heavy atom. The lowest BCUT2D eigenvalue weighted by Crippen LogP contribution is -2.48. The number of hydrogen-bond donors (Lipinski definition) is 3. The zero-order chi connectivity index (χ0) is 14.4. The van der Waals surface area contributed by atoms with E-state index in [0.717, 1.165) is 11.4 Å². The molecular formula is C14H21N3O3. The van der Waals surface area contributed by atoms with Crippen LogP contribution >= 0.6 is 0 Å². The molecule has 0 saturated carbocycles. The van der Waals surface area contributed by atoms with E-state index in [1.807, 2.05) is 24.3 Å². The lowest BCUT2D eigenvalue weighted by Gasteiger charge is -2.28. The third-order valence-electron chi connectivity index (χ3n) is 3.26. The van der Waals surface area contributed by atoms with Crippen molar-refractivity contribution >= 4 is 17.3 Å². The van der Waals surface area contributed by atoms with Crippen molar-refractivity contribution in [1.82, 2.24) is 5.32 Å². The molecule has 1 amide bonds. The van der Waals surface area contributed by atoms with Gasteiger partial charge in [-0.1, -0.05) is 12.1 Å². The quantitative estimate of drug-likeness (QED) is 0.714. The number of amides is 1. The summed E-state index contributed by atoms with van der Waals surface area (Å²) in [6.45, 7) is 1.45. The van der Waals surface area contributed by atoms with Crippen molar-refractivity contribution in [2.75, 3.05) is 44.5 Å². The van der Waals surface area contributed by atoms with Crippen LogP contribution in [0, 0.1) is 0 Å². The monoisotopic (exact) mass is 279 g/mol. The van der Waals surface area contributed by atoms with Gasteiger partial charge in [0.25, 0.3) is 0 Å². The summed E-state index contributed by atoms with van der Waals surface area (Å²) >= 11 is 0. The van der Waals surface area contributed by atoms with Gasteiger partial charge >= 0.3 is 0 Å². The van der Waals surface area contributed by atoms with Gasteiger partial charge in [-0.15, -0.1) is 0 Å². The van der Waals surface area contributed by atoms with Crippen LogP contribution in [0.1, 0.15) is 0 Å². The van der Waals surface area contributed by atoms with Crippen molar-refractivity contribution in [3.05, 3.63) is 24.3 Å². The van der Waals surface area contributed by atoms with Crippen molar-refractivity contribution in [1.29, 1.82) is 0 Å². The highest BCUT2D eigenvalue weighted by molar-refractivity contribution is 5.88. The van der Waals surface area contributed by atoms with E-state index in [9.17, 15) is 4.79 Å². The van der Waals surface area contributed by atoms with E-state index in [1.54, 1.807) is 14.2 Å². The summed E-state index contributed by atoms with van der Waals surface area (Å²) in [5.41, 5.74) is 1.96. The van der Waals surface area contributed by atoms with Gasteiger partial charge in [-0.25, -0.2) is 0 Å². The minimum Gasteiger partial charge on any atom is -0.382 e. The predicted molar refractivity (Wildman–Crippen MR) is 78.0 cm³/mol. The van der Waals surface area contributed by atoms with E-state index < -0.39 is 0 Å². The molecule has 1 aromatic rings. The molecule has 1 aliphatic heterocycles. The van der Waals surface area contributed by atoms with Gasteiger partial charge in [-0.05, 0) is 12.1 Å². The highest BCUT2D eigenvalue weighted by Gasteiger charge is 2.23. The lowest BCUT2D eigenvalue weighted by molar-refractivity contribution is -0.122. The van der Waals surface area contributed by atoms with Crippen LogP contribution in [-0.4, -0.2) is 52.0 Å². The fourth-order valence-electron chi connectivity index (χ4n) is 2.11. The topological polar surface area (TPSA) is 71.6 Å². The summed E-state index contributed by atoms with van der Waals surface area (Å²) in [6, 6.07) is 7.54. The second-order valence-electron chi connectivity index (χ2n) is 4.68. The number of benzene rings is 1. The summed E-state index contributed by atoms with van der Waals surface area (Å²) in [7, 11) is 3.21. The molecule has 1 aromatic carbocycles. The van der Waals surface area contributed by atoms with E-state index in [-0.39, 0.29) is 18.1 Å². The minimum atomic E-state index is -0.287. The maximum Gasteiger partial charge on any atom is 0.244 e. The summed E-state index contributed by atoms with van der Waals surface area (Å²) in [5, 5.41) is 9.34. The molecule has 3 N–H and O–H groups in total. The van der Waals surface area contributed by atoms with E-state index in [0.29, 0.717) is 19.7 Å². The minimum absolute atomic E-state index is 0.0508. The van der Waals surface area contributed by atoms with E-state index in [2.05, 4.69) is 16.0 Å². The smallest absolute Gasteiger partial charge is 0.244 e. The molecule has 2 atom stereocenters. The average molecular weight is 279 g/mol. The zero-order valence-electron chi connectivity index (χ0n) is 11.8. The maximum absolute atomic E-state index is 12.1. The van der Waals surface area contributed by atoms with Gasteiger partial charge < -0.3 is 25.4 Å². The Hall–Kier alpha value is -1.79. The van der Waals surface area contributed by atoms with Crippen LogP contribution in [0.4, 0.5) is 11.4 Å². The van der Waals surface area contributed by atoms with E-state index >= 15 is 0 Å². The highest BCUT2D eigenvalue weighted by atomic mass is 16.5. The highest BCUT2D eigenvalue weighted by Crippen LogP contribution is 2.25. The summed E-state index contributed by atoms with van der Waals surface area (Å²) in [5.74, 6) is -0.0508. The number of carbonyl (C=O) groups is 1. The van der Waals surface area contributed by atoms with E-state index in [4.69, 9.17) is 9.47 Å². The summed E-state index contributed by atoms with van der Waals surface area (Å²) in [4.78, 5) is 12.1. The Morgan fingerprint density at radius 2 is 2.15 bits per heavy atom. The van der Waals surface area contributed by atoms with Crippen LogP contribution < -0.4 is 16.0 Å². The second-order valence-corrected chi connectivity index (χ2v) is 4.68. The normalized spacial score (nSPS) is 18.4. The van der Waals surface area contributed by atoms with Gasteiger partial charge in [-0.3, -0.25) is 4.79 Å². The first-order valence-electron chi connectivity index (χ1n) is 6.63. The van der Waals surface area contributed by atoms with Crippen LogP contribution in [0.3, 0.4) is 0 Å². The maximum atomic E-state index is 12.1. The van der Waals surface area contributed by atoms with Crippen molar-refractivity contribution in [2.45, 2.75) is 12.1 Å². The molecule has 1 heterocycles. The number of fused-ring (bicyclic) bond motifs is 1. The van der Waals surface area contributed by atoms with Gasteiger partial charge in [0.15, 0.2) is 0 Å². The molecule has 0 saturated heterocycles. The molecular weight excluding hydrogens is 258 g/mol. The van der Waals surface area contributed by atoms with Crippen LogP contribution in [0.5, 0.6) is 0 Å². The van der Waals surface area contributed by atoms with Gasteiger partial charge in [0, 0.05) is 27.3 Å². The number of hydrogen-bond acceptors (Lipinski definition) is 5. The predicted octanol–water partition coefficient (Wildman–Crippen LogP) is 0.670. The molecule has 0 radical (unpaired) electrons. The first-order chi connectivity index (χ1) is 9.74. The number of carbonyl (C=O) groups excluding carboxylic acids is 1. The Bertz CT molecular complexity index is 453. The van der Waals surface area contributed by atoms with Crippen LogP contribution in [0.15, 0.2) is 24.3 Å². The van der Waals surface area contributed by atoms with Crippen molar-refractivity contribution in [3.63, 3.8) is 0 Å². The fraction of sp³-hybridized carbons (Fsp3) is 0.500. The standard InChI is InChI=1S/C14H21N3O3/c1-19-9-10(20-2)7-16-14(18)13-8-15-11-5-3-4-6-12(11)17-13/h3-6,10,13,15,17H,7-9H2,1-2H3,(H,16,18). The number of methoxy groups -OCH3 is 2. The van der Waals surface area contributed by atoms with Crippen LogP contribution in [0.25, 0.3) is 0 Å². The Kier molecular flexibility index (Phi) is 5.20. The molecule has 0 fully saturated rings. The van der Waals surface area contributed by atoms with E-state index in [1.165, 1.54) is 0 Å². The molecule has 0 spiro atoms. The Labute approximate surface area is 118 Å². The molecule has 6 heteroatoms. The number of para-hydroxylation sites is 2. The molecule has 1 aliphatic rings. The average Bonchev–Trinajstić information content (AvgIpc) is 2.50. The molecule has 2 unspecified atom stereocenters. The first-order valence-corrected chi connectivity index (χ1v) is 6.63. The molecule has 110 valence electrons. The number of ether oxygens (including phenoxy) is 2. The number of rotatable bonds is 6. The van der Waals surface area contributed by atoms with Crippen molar-refractivity contribution in [3.8, 4) is 0 Å². The molecule has 2 rings (SSSR count). The van der Waals surface area contributed by atoms with Gasteiger partial charge in [0.1, 0.15) is 6.04 Å². The molecule has 20 heavy (non-hydrogen) atoms. The second kappa shape index (κ2) is 7.12. The summed E-state index contributed by atoms with van der Waals surface area (Å²) < 4.78 is 10.2. The van der Waals surface area contributed by atoms with Crippen LogP contribution in [0.2, 0.25) is 0 Å². The summed E-state index contributed by atoms with van der Waals surface area (Å²) in [6.07, 6.45) is -0.132. The Morgan fingerprint density at radius 1 is 1.40 bits per heavy atom. The van der Waals surface area contributed by atoms with Gasteiger partial charge in [0.2, 0.25) is 5.91 Å². The van der Waals surface area contributed by atoms with Crippen molar-refractivity contribution in [2.24, 2.45) is 0 Å². The Balaban J connectivity index is 1.85.